The van der Waals surface area contributed by atoms with Gasteiger partial charge in [0.2, 0.25) is 0 Å². The molecule has 16 heavy (non-hydrogen) atoms. The highest BCUT2D eigenvalue weighted by Crippen LogP contribution is 2.33. The van der Waals surface area contributed by atoms with Crippen molar-refractivity contribution in [3.63, 3.8) is 0 Å². The Labute approximate surface area is 99.3 Å². The van der Waals surface area contributed by atoms with Gasteiger partial charge in [-0.15, -0.1) is 11.6 Å². The van der Waals surface area contributed by atoms with Gasteiger partial charge in [-0.25, -0.2) is 4.39 Å². The zero-order valence-electron chi connectivity index (χ0n) is 9.03. The fraction of sp³-hybridized carbons (Fsp3) is 0.500. The van der Waals surface area contributed by atoms with E-state index in [1.807, 2.05) is 6.92 Å². The van der Waals surface area contributed by atoms with Crippen LogP contribution in [0.2, 0.25) is 0 Å². The second kappa shape index (κ2) is 5.02. The van der Waals surface area contributed by atoms with E-state index in [2.05, 4.69) is 0 Å². The SMILES string of the molecule is CCOC1C(Cl)CC1Oc1cccc(F)c1. The lowest BCUT2D eigenvalue weighted by Crippen LogP contribution is -2.52. The molecule has 0 heterocycles. The highest BCUT2D eigenvalue weighted by Gasteiger charge is 2.42. The van der Waals surface area contributed by atoms with Crippen molar-refractivity contribution in [2.24, 2.45) is 0 Å². The first-order valence-corrected chi connectivity index (χ1v) is 5.82. The van der Waals surface area contributed by atoms with Gasteiger partial charge < -0.3 is 9.47 Å². The standard InChI is InChI=1S/C12H14ClFO2/c1-2-15-12-10(13)7-11(12)16-9-5-3-4-8(14)6-9/h3-6,10-12H,2,7H2,1H3. The molecule has 0 bridgehead atoms. The number of benzene rings is 1. The number of rotatable bonds is 4. The van der Waals surface area contributed by atoms with Crippen LogP contribution in [0.3, 0.4) is 0 Å². The number of ether oxygens (including phenoxy) is 2. The molecule has 0 amide bonds. The monoisotopic (exact) mass is 244 g/mol. The van der Waals surface area contributed by atoms with Crippen molar-refractivity contribution in [1.82, 2.24) is 0 Å². The van der Waals surface area contributed by atoms with Crippen molar-refractivity contribution in [2.45, 2.75) is 30.9 Å². The van der Waals surface area contributed by atoms with Gasteiger partial charge in [0.1, 0.15) is 23.8 Å². The minimum absolute atomic E-state index is 0.00138. The van der Waals surface area contributed by atoms with E-state index in [0.717, 1.165) is 6.42 Å². The van der Waals surface area contributed by atoms with Gasteiger partial charge in [0.15, 0.2) is 0 Å². The molecule has 0 N–H and O–H groups in total. The van der Waals surface area contributed by atoms with Crippen LogP contribution in [0, 0.1) is 5.82 Å². The Morgan fingerprint density at radius 2 is 2.31 bits per heavy atom. The summed E-state index contributed by atoms with van der Waals surface area (Å²) in [7, 11) is 0. The molecule has 0 radical (unpaired) electrons. The maximum absolute atomic E-state index is 12.9. The summed E-state index contributed by atoms with van der Waals surface area (Å²) in [5.74, 6) is 0.227. The third-order valence-corrected chi connectivity index (χ3v) is 3.05. The van der Waals surface area contributed by atoms with E-state index in [1.54, 1.807) is 12.1 Å². The summed E-state index contributed by atoms with van der Waals surface area (Å²) in [5, 5.41) is -0.00138. The second-order valence-corrected chi connectivity index (χ2v) is 4.35. The zero-order valence-corrected chi connectivity index (χ0v) is 9.78. The van der Waals surface area contributed by atoms with Crippen LogP contribution in [0.1, 0.15) is 13.3 Å². The molecule has 1 aliphatic rings. The number of hydrogen-bond donors (Lipinski definition) is 0. The minimum atomic E-state index is -0.299. The number of halogens is 2. The quantitative estimate of drug-likeness (QED) is 0.758. The van der Waals surface area contributed by atoms with Gasteiger partial charge in [0.25, 0.3) is 0 Å². The summed E-state index contributed by atoms with van der Waals surface area (Å²) in [4.78, 5) is 0. The van der Waals surface area contributed by atoms with Crippen molar-refractivity contribution < 1.29 is 13.9 Å². The lowest BCUT2D eigenvalue weighted by atomic mass is 9.91. The Morgan fingerprint density at radius 1 is 1.50 bits per heavy atom. The Balaban J connectivity index is 1.95. The topological polar surface area (TPSA) is 18.5 Å². The molecule has 1 aromatic carbocycles. The molecule has 3 unspecified atom stereocenters. The molecule has 1 saturated carbocycles. The molecule has 1 fully saturated rings. The highest BCUT2D eigenvalue weighted by molar-refractivity contribution is 6.21. The molecule has 3 atom stereocenters. The van der Waals surface area contributed by atoms with E-state index in [1.165, 1.54) is 12.1 Å². The third-order valence-electron chi connectivity index (χ3n) is 2.62. The number of hydrogen-bond acceptors (Lipinski definition) is 2. The molecule has 0 saturated heterocycles. The molecule has 88 valence electrons. The normalized spacial score (nSPS) is 28.6. The fourth-order valence-electron chi connectivity index (χ4n) is 1.76. The molecule has 1 aliphatic carbocycles. The first-order chi connectivity index (χ1) is 7.70. The molecule has 0 spiro atoms. The van der Waals surface area contributed by atoms with Crippen LogP contribution < -0.4 is 4.74 Å². The summed E-state index contributed by atoms with van der Waals surface area (Å²) < 4.78 is 24.0. The predicted octanol–water partition coefficient (Wildman–Crippen LogP) is 2.99. The van der Waals surface area contributed by atoms with E-state index in [0.29, 0.717) is 12.4 Å². The largest absolute Gasteiger partial charge is 0.487 e. The van der Waals surface area contributed by atoms with Gasteiger partial charge in [-0.1, -0.05) is 6.07 Å². The van der Waals surface area contributed by atoms with E-state index >= 15 is 0 Å². The molecule has 0 aliphatic heterocycles. The maximum Gasteiger partial charge on any atom is 0.128 e. The molecule has 0 aromatic heterocycles. The first-order valence-electron chi connectivity index (χ1n) is 5.38. The van der Waals surface area contributed by atoms with Crippen molar-refractivity contribution in [3.8, 4) is 5.75 Å². The first kappa shape index (κ1) is 11.7. The lowest BCUT2D eigenvalue weighted by Gasteiger charge is -2.40. The molecular formula is C12H14ClFO2. The van der Waals surface area contributed by atoms with Crippen LogP contribution in [-0.2, 0) is 4.74 Å². The van der Waals surface area contributed by atoms with Gasteiger partial charge in [-0.05, 0) is 19.1 Å². The zero-order chi connectivity index (χ0) is 11.5. The van der Waals surface area contributed by atoms with Crippen LogP contribution in [0.4, 0.5) is 4.39 Å². The van der Waals surface area contributed by atoms with Crippen molar-refractivity contribution in [2.75, 3.05) is 6.61 Å². The van der Waals surface area contributed by atoms with E-state index in [4.69, 9.17) is 21.1 Å². The fourth-order valence-corrected chi connectivity index (χ4v) is 2.17. The van der Waals surface area contributed by atoms with Crippen LogP contribution in [0.5, 0.6) is 5.75 Å². The van der Waals surface area contributed by atoms with Crippen molar-refractivity contribution >= 4 is 11.6 Å². The van der Waals surface area contributed by atoms with Crippen molar-refractivity contribution in [1.29, 1.82) is 0 Å². The molecule has 2 rings (SSSR count). The molecule has 2 nitrogen and oxygen atoms in total. The van der Waals surface area contributed by atoms with Crippen molar-refractivity contribution in [3.05, 3.63) is 30.1 Å². The van der Waals surface area contributed by atoms with E-state index in [-0.39, 0.29) is 23.4 Å². The Bertz CT molecular complexity index is 359. The van der Waals surface area contributed by atoms with Crippen LogP contribution >= 0.6 is 11.6 Å². The van der Waals surface area contributed by atoms with Gasteiger partial charge in [0.05, 0.1) is 5.38 Å². The van der Waals surface area contributed by atoms with Gasteiger partial charge in [-0.3, -0.25) is 0 Å². The smallest absolute Gasteiger partial charge is 0.128 e. The Morgan fingerprint density at radius 3 is 2.94 bits per heavy atom. The van der Waals surface area contributed by atoms with Gasteiger partial charge in [-0.2, -0.15) is 0 Å². The second-order valence-electron chi connectivity index (χ2n) is 3.79. The molecule has 4 heteroatoms. The van der Waals surface area contributed by atoms with E-state index < -0.39 is 0 Å². The van der Waals surface area contributed by atoms with Gasteiger partial charge >= 0.3 is 0 Å². The lowest BCUT2D eigenvalue weighted by molar-refractivity contribution is -0.0760. The Kier molecular flexibility index (Phi) is 3.66. The maximum atomic E-state index is 12.9. The average Bonchev–Trinajstić information content (AvgIpc) is 2.26. The molecule has 1 aromatic rings. The highest BCUT2D eigenvalue weighted by atomic mass is 35.5. The predicted molar refractivity (Wildman–Crippen MR) is 60.5 cm³/mol. The summed E-state index contributed by atoms with van der Waals surface area (Å²) in [5.41, 5.74) is 0. The van der Waals surface area contributed by atoms with Crippen LogP contribution in [0.15, 0.2) is 24.3 Å². The minimum Gasteiger partial charge on any atom is -0.487 e. The van der Waals surface area contributed by atoms with Gasteiger partial charge in [0, 0.05) is 19.1 Å². The van der Waals surface area contributed by atoms with Crippen LogP contribution in [-0.4, -0.2) is 24.2 Å². The third kappa shape index (κ3) is 2.47. The summed E-state index contributed by atoms with van der Waals surface area (Å²) in [6.45, 7) is 2.53. The summed E-state index contributed by atoms with van der Waals surface area (Å²) in [6.07, 6.45) is 0.585. The number of alkyl halides is 1. The molecular weight excluding hydrogens is 231 g/mol. The summed E-state index contributed by atoms with van der Waals surface area (Å²) in [6, 6.07) is 6.10. The Hall–Kier alpha value is -0.800. The summed E-state index contributed by atoms with van der Waals surface area (Å²) >= 11 is 6.01. The van der Waals surface area contributed by atoms with E-state index in [9.17, 15) is 4.39 Å². The average molecular weight is 245 g/mol. The van der Waals surface area contributed by atoms with Crippen LogP contribution in [0.25, 0.3) is 0 Å².